The number of pyridine rings is 1. The molecular weight excluding hydrogens is 290 g/mol. The van der Waals surface area contributed by atoms with E-state index in [-0.39, 0.29) is 0 Å². The summed E-state index contributed by atoms with van der Waals surface area (Å²) < 4.78 is 5.77. The van der Waals surface area contributed by atoms with Crippen LogP contribution in [0.2, 0.25) is 0 Å². The second kappa shape index (κ2) is 9.95. The zero-order valence-corrected chi connectivity index (χ0v) is 14.0. The molecule has 0 amide bonds. The molecule has 0 atom stereocenters. The summed E-state index contributed by atoms with van der Waals surface area (Å²) in [6.07, 6.45) is 6.59. The predicted octanol–water partition coefficient (Wildman–Crippen LogP) is 4.57. The van der Waals surface area contributed by atoms with E-state index in [1.54, 1.807) is 0 Å². The normalized spacial score (nSPS) is 15.3. The minimum atomic E-state index is 0.593. The Morgan fingerprint density at radius 1 is 1.26 bits per heavy atom. The lowest BCUT2D eigenvalue weighted by Gasteiger charge is -2.31. The molecule has 1 aliphatic heterocycles. The van der Waals surface area contributed by atoms with Crippen LogP contribution in [0, 0.1) is 5.92 Å². The monoisotopic (exact) mass is 317 g/mol. The van der Waals surface area contributed by atoms with Gasteiger partial charge in [-0.2, -0.15) is 4.98 Å². The largest absolute Gasteiger partial charge is 0.478 e. The molecule has 0 aliphatic carbocycles. The molecule has 6 heteroatoms. The minimum Gasteiger partial charge on any atom is -0.478 e. The number of rotatable bonds is 9. The third-order valence-electron chi connectivity index (χ3n) is 4.28. The molecule has 1 aliphatic rings. The van der Waals surface area contributed by atoms with Crippen LogP contribution in [0.25, 0.3) is 10.4 Å². The molecule has 2 rings (SSSR count). The Balaban J connectivity index is 1.67. The summed E-state index contributed by atoms with van der Waals surface area (Å²) in [6.45, 7) is 5.77. The zero-order valence-electron chi connectivity index (χ0n) is 14.0. The van der Waals surface area contributed by atoms with Crippen molar-refractivity contribution in [3.8, 4) is 5.88 Å². The number of anilines is 1. The van der Waals surface area contributed by atoms with Crippen LogP contribution in [0.1, 0.15) is 45.4 Å². The highest BCUT2D eigenvalue weighted by atomic mass is 16.5. The molecule has 1 aromatic heterocycles. The van der Waals surface area contributed by atoms with Crippen LogP contribution in [0.15, 0.2) is 23.3 Å². The third-order valence-corrected chi connectivity index (χ3v) is 4.28. The van der Waals surface area contributed by atoms with Crippen molar-refractivity contribution in [1.82, 2.24) is 4.98 Å². The van der Waals surface area contributed by atoms with E-state index in [9.17, 15) is 0 Å². The van der Waals surface area contributed by atoms with Gasteiger partial charge in [-0.3, -0.25) is 0 Å². The van der Waals surface area contributed by atoms with Gasteiger partial charge in [-0.15, -0.1) is 0 Å². The first-order valence-corrected chi connectivity index (χ1v) is 8.65. The van der Waals surface area contributed by atoms with Gasteiger partial charge in [0.1, 0.15) is 5.82 Å². The van der Waals surface area contributed by atoms with E-state index in [0.717, 1.165) is 56.4 Å². The average Bonchev–Trinajstić information content (AvgIpc) is 2.58. The van der Waals surface area contributed by atoms with Crippen molar-refractivity contribution in [1.29, 1.82) is 0 Å². The van der Waals surface area contributed by atoms with Crippen LogP contribution in [-0.4, -0.2) is 31.2 Å². The van der Waals surface area contributed by atoms with Crippen molar-refractivity contribution < 1.29 is 4.74 Å². The molecule has 1 saturated heterocycles. The van der Waals surface area contributed by atoms with Crippen LogP contribution < -0.4 is 9.64 Å². The summed E-state index contributed by atoms with van der Waals surface area (Å²) in [6, 6.07) is 6.02. The molecule has 0 aromatic carbocycles. The number of hydrogen-bond acceptors (Lipinski definition) is 4. The lowest BCUT2D eigenvalue weighted by atomic mass is 9.99. The Bertz CT molecular complexity index is 507. The van der Waals surface area contributed by atoms with Crippen molar-refractivity contribution in [3.63, 3.8) is 0 Å². The van der Waals surface area contributed by atoms with Crippen LogP contribution in [0.3, 0.4) is 0 Å². The number of piperidine rings is 1. The number of aromatic nitrogens is 1. The van der Waals surface area contributed by atoms with Crippen LogP contribution in [0.5, 0.6) is 5.88 Å². The fraction of sp³-hybridized carbons (Fsp3) is 0.706. The zero-order chi connectivity index (χ0) is 16.3. The molecule has 2 heterocycles. The molecule has 0 unspecified atom stereocenters. The predicted molar refractivity (Wildman–Crippen MR) is 92.8 cm³/mol. The van der Waals surface area contributed by atoms with E-state index in [2.05, 4.69) is 32.9 Å². The van der Waals surface area contributed by atoms with Gasteiger partial charge in [-0.05, 0) is 43.2 Å². The highest BCUT2D eigenvalue weighted by molar-refractivity contribution is 5.41. The van der Waals surface area contributed by atoms with Gasteiger partial charge in [0, 0.05) is 30.6 Å². The molecule has 1 aromatic rings. The SMILES string of the molecule is CC1CCN(c2cccc(OCCCCCCN=[N+]=[N-])n2)CC1. The Kier molecular flexibility index (Phi) is 7.54. The molecule has 0 saturated carbocycles. The smallest absolute Gasteiger partial charge is 0.215 e. The van der Waals surface area contributed by atoms with Gasteiger partial charge in [0.05, 0.1) is 6.61 Å². The average molecular weight is 317 g/mol. The first kappa shape index (κ1) is 17.4. The van der Waals surface area contributed by atoms with Crippen molar-refractivity contribution in [2.75, 3.05) is 31.1 Å². The molecule has 0 radical (unpaired) electrons. The minimum absolute atomic E-state index is 0.593. The van der Waals surface area contributed by atoms with E-state index in [0.29, 0.717) is 13.2 Å². The molecule has 6 nitrogen and oxygen atoms in total. The summed E-state index contributed by atoms with van der Waals surface area (Å²) in [5.41, 5.74) is 8.19. The second-order valence-electron chi connectivity index (χ2n) is 6.22. The van der Waals surface area contributed by atoms with Gasteiger partial charge in [0.25, 0.3) is 0 Å². The standard InChI is InChI=1S/C17H27N5O/c1-15-9-12-22(13-10-15)16-7-6-8-17(20-16)23-14-5-3-2-4-11-19-21-18/h6-8,15H,2-5,9-14H2,1H3. The lowest BCUT2D eigenvalue weighted by molar-refractivity contribution is 0.293. The number of azide groups is 1. The van der Waals surface area contributed by atoms with Gasteiger partial charge in [0.2, 0.25) is 5.88 Å². The Hall–Kier alpha value is -1.94. The highest BCUT2D eigenvalue weighted by Crippen LogP contribution is 2.23. The van der Waals surface area contributed by atoms with Crippen LogP contribution in [0.4, 0.5) is 5.82 Å². The van der Waals surface area contributed by atoms with Crippen molar-refractivity contribution in [3.05, 3.63) is 28.6 Å². The maximum Gasteiger partial charge on any atom is 0.215 e. The Morgan fingerprint density at radius 2 is 2.04 bits per heavy atom. The quantitative estimate of drug-likeness (QED) is 0.290. The summed E-state index contributed by atoms with van der Waals surface area (Å²) in [5, 5.41) is 3.53. The second-order valence-corrected chi connectivity index (χ2v) is 6.22. The summed E-state index contributed by atoms with van der Waals surface area (Å²) >= 11 is 0. The summed E-state index contributed by atoms with van der Waals surface area (Å²) in [7, 11) is 0. The fourth-order valence-corrected chi connectivity index (χ4v) is 2.76. The van der Waals surface area contributed by atoms with E-state index >= 15 is 0 Å². The van der Waals surface area contributed by atoms with Gasteiger partial charge >= 0.3 is 0 Å². The van der Waals surface area contributed by atoms with E-state index in [4.69, 9.17) is 10.3 Å². The Labute approximate surface area is 138 Å². The van der Waals surface area contributed by atoms with Gasteiger partial charge in [0.15, 0.2) is 0 Å². The van der Waals surface area contributed by atoms with Crippen molar-refractivity contribution in [2.45, 2.75) is 45.4 Å². The van der Waals surface area contributed by atoms with Crippen molar-refractivity contribution in [2.24, 2.45) is 11.0 Å². The lowest BCUT2D eigenvalue weighted by Crippen LogP contribution is -2.33. The first-order chi connectivity index (χ1) is 11.3. The molecule has 126 valence electrons. The van der Waals surface area contributed by atoms with E-state index in [1.165, 1.54) is 12.8 Å². The highest BCUT2D eigenvalue weighted by Gasteiger charge is 2.17. The maximum absolute atomic E-state index is 8.19. The maximum atomic E-state index is 8.19. The molecule has 1 fully saturated rings. The number of ether oxygens (including phenoxy) is 1. The third kappa shape index (κ3) is 6.37. The molecule has 0 N–H and O–H groups in total. The Morgan fingerprint density at radius 3 is 2.83 bits per heavy atom. The number of nitrogens with zero attached hydrogens (tertiary/aromatic N) is 5. The fourth-order valence-electron chi connectivity index (χ4n) is 2.76. The van der Waals surface area contributed by atoms with E-state index < -0.39 is 0 Å². The number of unbranched alkanes of at least 4 members (excludes halogenated alkanes) is 3. The van der Waals surface area contributed by atoms with Gasteiger partial charge < -0.3 is 9.64 Å². The van der Waals surface area contributed by atoms with Gasteiger partial charge in [-0.25, -0.2) is 0 Å². The molecular formula is C17H27N5O. The van der Waals surface area contributed by atoms with Crippen LogP contribution >= 0.6 is 0 Å². The van der Waals surface area contributed by atoms with Gasteiger partial charge in [-0.1, -0.05) is 30.9 Å². The molecule has 0 spiro atoms. The number of hydrogen-bond donors (Lipinski definition) is 0. The topological polar surface area (TPSA) is 74.1 Å². The van der Waals surface area contributed by atoms with E-state index in [1.807, 2.05) is 12.1 Å². The summed E-state index contributed by atoms with van der Waals surface area (Å²) in [5.74, 6) is 2.57. The first-order valence-electron chi connectivity index (χ1n) is 8.65. The molecule has 0 bridgehead atoms. The molecule has 23 heavy (non-hydrogen) atoms. The van der Waals surface area contributed by atoms with Crippen molar-refractivity contribution >= 4 is 5.82 Å². The summed E-state index contributed by atoms with van der Waals surface area (Å²) in [4.78, 5) is 9.73. The van der Waals surface area contributed by atoms with Crippen LogP contribution in [-0.2, 0) is 0 Å².